The molecule has 0 saturated carbocycles. The lowest BCUT2D eigenvalue weighted by Gasteiger charge is -2.30. The zero-order chi connectivity index (χ0) is 30.2. The number of ether oxygens (including phenoxy) is 3. The zero-order valence-corrected chi connectivity index (χ0v) is 24.6. The molecule has 1 aliphatic rings. The Kier molecular flexibility index (Phi) is 9.81. The van der Waals surface area contributed by atoms with Crippen LogP contribution in [-0.2, 0) is 19.1 Å². The van der Waals surface area contributed by atoms with Gasteiger partial charge in [0.2, 0.25) is 0 Å². The molecule has 8 nitrogen and oxygen atoms in total. The zero-order valence-electron chi connectivity index (χ0n) is 24.6. The van der Waals surface area contributed by atoms with Gasteiger partial charge in [0, 0.05) is 28.7 Å². The van der Waals surface area contributed by atoms with E-state index in [0.29, 0.717) is 46.3 Å². The maximum absolute atomic E-state index is 13.5. The van der Waals surface area contributed by atoms with E-state index in [1.165, 1.54) is 12.2 Å². The van der Waals surface area contributed by atoms with Crippen molar-refractivity contribution in [2.75, 3.05) is 19.8 Å². The first kappa shape index (κ1) is 30.1. The minimum Gasteiger partial charge on any atom is -0.493 e. The largest absolute Gasteiger partial charge is 0.493 e. The smallest absolute Gasteiger partial charge is 0.337 e. The van der Waals surface area contributed by atoms with Crippen molar-refractivity contribution in [3.63, 3.8) is 0 Å². The van der Waals surface area contributed by atoms with Gasteiger partial charge >= 0.3 is 11.9 Å². The van der Waals surface area contributed by atoms with Crippen LogP contribution in [-0.4, -0.2) is 41.5 Å². The number of carbonyl (C=O) groups is 2. The average molecular weight is 568 g/mol. The van der Waals surface area contributed by atoms with Crippen LogP contribution in [0, 0.1) is 5.92 Å². The van der Waals surface area contributed by atoms with Crippen LogP contribution in [0.2, 0.25) is 0 Å². The number of hydrogen-bond acceptors (Lipinski definition) is 7. The summed E-state index contributed by atoms with van der Waals surface area (Å²) in [4.78, 5) is 27.1. The Morgan fingerprint density at radius 2 is 1.50 bits per heavy atom. The number of carbonyl (C=O) groups excluding carboxylic acids is 2. The summed E-state index contributed by atoms with van der Waals surface area (Å²) in [6.07, 6.45) is 4.86. The van der Waals surface area contributed by atoms with Gasteiger partial charge in [0.25, 0.3) is 0 Å². The van der Waals surface area contributed by atoms with Crippen LogP contribution in [0.5, 0.6) is 5.75 Å². The van der Waals surface area contributed by atoms with Crippen molar-refractivity contribution in [1.29, 1.82) is 0 Å². The van der Waals surface area contributed by atoms with Gasteiger partial charge in [-0.1, -0.05) is 57.4 Å². The van der Waals surface area contributed by atoms with Crippen molar-refractivity contribution in [3.05, 3.63) is 114 Å². The van der Waals surface area contributed by atoms with Gasteiger partial charge < -0.3 is 19.5 Å². The molecule has 0 saturated heterocycles. The summed E-state index contributed by atoms with van der Waals surface area (Å²) in [7, 11) is 0. The molecule has 0 unspecified atom stereocenters. The Morgan fingerprint density at radius 1 is 0.929 bits per heavy atom. The molecule has 1 aromatic heterocycles. The Morgan fingerprint density at radius 3 is 2.02 bits per heavy atom. The molecule has 0 amide bonds. The van der Waals surface area contributed by atoms with E-state index in [1.54, 1.807) is 18.5 Å². The van der Waals surface area contributed by atoms with E-state index in [4.69, 9.17) is 19.3 Å². The summed E-state index contributed by atoms with van der Waals surface area (Å²) in [5, 5.41) is 8.15. The van der Waals surface area contributed by atoms with Gasteiger partial charge in [-0.15, -0.1) is 0 Å². The molecule has 0 bridgehead atoms. The number of para-hydroxylation sites is 1. The predicted octanol–water partition coefficient (Wildman–Crippen LogP) is 6.27. The van der Waals surface area contributed by atoms with E-state index >= 15 is 0 Å². The van der Waals surface area contributed by atoms with Gasteiger partial charge in [-0.25, -0.2) is 14.3 Å². The van der Waals surface area contributed by atoms with Gasteiger partial charge in [-0.3, -0.25) is 0 Å². The lowest BCUT2D eigenvalue weighted by molar-refractivity contribution is -0.138. The highest BCUT2D eigenvalue weighted by Gasteiger charge is 2.40. The number of dihydropyridines is 1. The van der Waals surface area contributed by atoms with Crippen LogP contribution in [0.1, 0.15) is 39.2 Å². The SMILES string of the molecule is C=CCOC(=O)C1=C(C)NC(C)=C(C(=O)OCC=C)C1c1cn(-c2ccccc2)nc1-c1ccc(OCC(C)C)cc1. The molecule has 2 aromatic carbocycles. The number of esters is 2. The molecule has 42 heavy (non-hydrogen) atoms. The fourth-order valence-electron chi connectivity index (χ4n) is 4.78. The monoisotopic (exact) mass is 567 g/mol. The molecule has 1 N–H and O–H groups in total. The van der Waals surface area contributed by atoms with E-state index in [0.717, 1.165) is 17.0 Å². The summed E-state index contributed by atoms with van der Waals surface area (Å²) in [6, 6.07) is 17.3. The summed E-state index contributed by atoms with van der Waals surface area (Å²) in [6.45, 7) is 15.7. The molecule has 3 aromatic rings. The third-order valence-electron chi connectivity index (χ3n) is 6.65. The van der Waals surface area contributed by atoms with E-state index in [1.807, 2.05) is 60.8 Å². The summed E-state index contributed by atoms with van der Waals surface area (Å²) < 4.78 is 18.7. The number of nitrogens with zero attached hydrogens (tertiary/aromatic N) is 2. The van der Waals surface area contributed by atoms with Gasteiger partial charge in [0.1, 0.15) is 19.0 Å². The number of nitrogens with one attached hydrogen (secondary N) is 1. The van der Waals surface area contributed by atoms with Crippen LogP contribution in [0.25, 0.3) is 16.9 Å². The molecule has 0 spiro atoms. The quantitative estimate of drug-likeness (QED) is 0.204. The number of hydrogen-bond donors (Lipinski definition) is 1. The molecule has 0 radical (unpaired) electrons. The average Bonchev–Trinajstić information content (AvgIpc) is 3.43. The maximum Gasteiger partial charge on any atom is 0.337 e. The van der Waals surface area contributed by atoms with Crippen LogP contribution >= 0.6 is 0 Å². The molecule has 4 rings (SSSR count). The lowest BCUT2D eigenvalue weighted by Crippen LogP contribution is -2.32. The normalized spacial score (nSPS) is 13.5. The highest BCUT2D eigenvalue weighted by Crippen LogP contribution is 2.43. The Balaban J connectivity index is 1.93. The van der Waals surface area contributed by atoms with E-state index in [2.05, 4.69) is 32.3 Å². The molecule has 1 aliphatic heterocycles. The first-order valence-electron chi connectivity index (χ1n) is 13.9. The lowest BCUT2D eigenvalue weighted by atomic mass is 9.79. The number of aromatic nitrogens is 2. The van der Waals surface area contributed by atoms with Crippen LogP contribution in [0.15, 0.2) is 109 Å². The highest BCUT2D eigenvalue weighted by atomic mass is 16.5. The fraction of sp³-hybridized carbons (Fsp3) is 0.265. The summed E-state index contributed by atoms with van der Waals surface area (Å²) >= 11 is 0. The molecule has 0 aliphatic carbocycles. The number of allylic oxidation sites excluding steroid dienone is 2. The second-order valence-electron chi connectivity index (χ2n) is 10.4. The molecular weight excluding hydrogens is 530 g/mol. The fourth-order valence-corrected chi connectivity index (χ4v) is 4.78. The Labute approximate surface area is 247 Å². The molecular formula is C34H37N3O5. The van der Waals surface area contributed by atoms with Crippen molar-refractivity contribution in [2.24, 2.45) is 5.92 Å². The molecule has 0 fully saturated rings. The van der Waals surface area contributed by atoms with Gasteiger partial charge in [0.05, 0.1) is 35.1 Å². The predicted molar refractivity (Wildman–Crippen MR) is 163 cm³/mol. The highest BCUT2D eigenvalue weighted by molar-refractivity contribution is 6.00. The standard InChI is InChI=1S/C34H37N3O5/c1-7-18-40-33(38)29-23(5)35-24(6)30(34(39)41-19-8-2)31(29)28-20-37(26-12-10-9-11-13-26)36-32(28)25-14-16-27(17-15-25)42-21-22(3)4/h7-17,20,22,31,35H,1-2,18-19,21H2,3-6H3. The van der Waals surface area contributed by atoms with E-state index < -0.39 is 17.9 Å². The van der Waals surface area contributed by atoms with E-state index in [9.17, 15) is 9.59 Å². The van der Waals surface area contributed by atoms with Gasteiger partial charge in [-0.05, 0) is 56.2 Å². The van der Waals surface area contributed by atoms with Crippen molar-refractivity contribution in [1.82, 2.24) is 15.1 Å². The van der Waals surface area contributed by atoms with Crippen molar-refractivity contribution < 1.29 is 23.8 Å². The molecule has 218 valence electrons. The second-order valence-corrected chi connectivity index (χ2v) is 10.4. The second kappa shape index (κ2) is 13.7. The molecule has 0 atom stereocenters. The van der Waals surface area contributed by atoms with Crippen molar-refractivity contribution >= 4 is 11.9 Å². The first-order chi connectivity index (χ1) is 20.2. The Bertz CT molecular complexity index is 1470. The van der Waals surface area contributed by atoms with Gasteiger partial charge in [0.15, 0.2) is 0 Å². The molecule has 8 heteroatoms. The van der Waals surface area contributed by atoms with E-state index in [-0.39, 0.29) is 13.2 Å². The minimum absolute atomic E-state index is 0.0231. The minimum atomic E-state index is -0.829. The van der Waals surface area contributed by atoms with Crippen LogP contribution in [0.4, 0.5) is 0 Å². The number of rotatable bonds is 12. The van der Waals surface area contributed by atoms with Crippen molar-refractivity contribution in [3.8, 4) is 22.7 Å². The first-order valence-corrected chi connectivity index (χ1v) is 13.9. The third-order valence-corrected chi connectivity index (χ3v) is 6.65. The summed E-state index contributed by atoms with van der Waals surface area (Å²) in [5.41, 5.74) is 4.59. The molecule has 2 heterocycles. The Hall–Kier alpha value is -4.85. The third kappa shape index (κ3) is 6.71. The summed E-state index contributed by atoms with van der Waals surface area (Å²) in [5.74, 6) is -0.830. The number of benzene rings is 2. The topological polar surface area (TPSA) is 91.7 Å². The van der Waals surface area contributed by atoms with Crippen molar-refractivity contribution in [2.45, 2.75) is 33.6 Å². The maximum atomic E-state index is 13.5. The van der Waals surface area contributed by atoms with Gasteiger partial charge in [-0.2, -0.15) is 5.10 Å². The van der Waals surface area contributed by atoms with Crippen LogP contribution < -0.4 is 10.1 Å². The van der Waals surface area contributed by atoms with Crippen LogP contribution in [0.3, 0.4) is 0 Å².